The second-order valence-electron chi connectivity index (χ2n) is 6.24. The Kier molecular flexibility index (Phi) is 5.30. The minimum Gasteiger partial charge on any atom is -0.481 e. The molecule has 2 atom stereocenters. The summed E-state index contributed by atoms with van der Waals surface area (Å²) in [5.74, 6) is 0.755. The summed E-state index contributed by atoms with van der Waals surface area (Å²) in [7, 11) is 1.55. The summed E-state index contributed by atoms with van der Waals surface area (Å²) in [5.41, 5.74) is 2.07. The van der Waals surface area contributed by atoms with Crippen LogP contribution in [0.5, 0.6) is 5.88 Å². The van der Waals surface area contributed by atoms with E-state index in [1.807, 2.05) is 6.07 Å². The number of pyridine rings is 2. The molecule has 8 heteroatoms. The van der Waals surface area contributed by atoms with Crippen molar-refractivity contribution in [3.8, 4) is 5.88 Å². The third-order valence-corrected chi connectivity index (χ3v) is 4.50. The van der Waals surface area contributed by atoms with Gasteiger partial charge in [-0.3, -0.25) is 4.98 Å². The van der Waals surface area contributed by atoms with Crippen molar-refractivity contribution < 1.29 is 19.7 Å². The fraction of sp³-hybridized carbons (Fsp3) is 0.471. The first-order valence-electron chi connectivity index (χ1n) is 8.23. The van der Waals surface area contributed by atoms with Crippen LogP contribution in [0.15, 0.2) is 24.4 Å². The van der Waals surface area contributed by atoms with Crippen molar-refractivity contribution in [2.45, 2.75) is 12.5 Å². The SMILES string of the molecule is COc1ccc2nccc([C@@H](O)CN3CC[C@@H](CNC(=O)O)C3)c2n1. The molecule has 0 aliphatic carbocycles. The van der Waals surface area contributed by atoms with E-state index < -0.39 is 12.2 Å². The quantitative estimate of drug-likeness (QED) is 0.723. The van der Waals surface area contributed by atoms with Crippen molar-refractivity contribution in [2.24, 2.45) is 5.92 Å². The predicted octanol–water partition coefficient (Wildman–Crippen LogP) is 1.26. The summed E-state index contributed by atoms with van der Waals surface area (Å²) in [6, 6.07) is 5.34. The van der Waals surface area contributed by atoms with Crippen LogP contribution in [0.2, 0.25) is 0 Å². The van der Waals surface area contributed by atoms with Gasteiger partial charge >= 0.3 is 6.09 Å². The van der Waals surface area contributed by atoms with Crippen molar-refractivity contribution in [3.63, 3.8) is 0 Å². The number of carbonyl (C=O) groups is 1. The number of carboxylic acid groups (broad SMARTS) is 1. The molecule has 0 bridgehead atoms. The molecule has 3 heterocycles. The van der Waals surface area contributed by atoms with Crippen LogP contribution in [0.4, 0.5) is 4.79 Å². The Morgan fingerprint density at radius 2 is 2.32 bits per heavy atom. The number of fused-ring (bicyclic) bond motifs is 1. The number of likely N-dealkylation sites (tertiary alicyclic amines) is 1. The van der Waals surface area contributed by atoms with Gasteiger partial charge in [-0.15, -0.1) is 0 Å². The van der Waals surface area contributed by atoms with E-state index in [2.05, 4.69) is 20.2 Å². The Morgan fingerprint density at radius 3 is 3.08 bits per heavy atom. The normalized spacial score (nSPS) is 19.0. The molecule has 1 amide bonds. The largest absolute Gasteiger partial charge is 0.481 e. The van der Waals surface area contributed by atoms with Crippen molar-refractivity contribution in [2.75, 3.05) is 33.3 Å². The Morgan fingerprint density at radius 1 is 1.48 bits per heavy atom. The topological polar surface area (TPSA) is 108 Å². The maximum Gasteiger partial charge on any atom is 0.404 e. The molecular formula is C17H22N4O4. The number of nitrogens with zero attached hydrogens (tertiary/aromatic N) is 3. The van der Waals surface area contributed by atoms with E-state index in [1.54, 1.807) is 25.4 Å². The molecule has 3 N–H and O–H groups in total. The van der Waals surface area contributed by atoms with Crippen molar-refractivity contribution in [3.05, 3.63) is 30.0 Å². The second-order valence-corrected chi connectivity index (χ2v) is 6.24. The van der Waals surface area contributed by atoms with Crippen molar-refractivity contribution >= 4 is 17.1 Å². The highest BCUT2D eigenvalue weighted by Gasteiger charge is 2.25. The molecule has 0 unspecified atom stereocenters. The van der Waals surface area contributed by atoms with Crippen LogP contribution in [0.3, 0.4) is 0 Å². The first-order chi connectivity index (χ1) is 12.1. The lowest BCUT2D eigenvalue weighted by molar-refractivity contribution is 0.125. The fourth-order valence-electron chi connectivity index (χ4n) is 3.23. The number of β-amino-alcohol motifs (C(OH)–C–C–N with tert-alkyl or cyclic N) is 1. The molecule has 0 spiro atoms. The molecule has 3 rings (SSSR count). The molecule has 0 aromatic carbocycles. The number of rotatable bonds is 6. The molecule has 8 nitrogen and oxygen atoms in total. The maximum atomic E-state index is 10.7. The van der Waals surface area contributed by atoms with Gasteiger partial charge < -0.3 is 25.2 Å². The smallest absolute Gasteiger partial charge is 0.404 e. The molecule has 1 fully saturated rings. The summed E-state index contributed by atoms with van der Waals surface area (Å²) >= 11 is 0. The van der Waals surface area contributed by atoms with Crippen molar-refractivity contribution in [1.82, 2.24) is 20.2 Å². The zero-order valence-electron chi connectivity index (χ0n) is 14.1. The van der Waals surface area contributed by atoms with Gasteiger partial charge in [-0.25, -0.2) is 9.78 Å². The molecule has 2 aromatic rings. The summed E-state index contributed by atoms with van der Waals surface area (Å²) < 4.78 is 5.16. The standard InChI is InChI=1S/C17H22N4O4/c1-25-15-3-2-13-16(20-15)12(4-6-18-13)14(22)10-21-7-5-11(9-21)8-19-17(23)24/h2-4,6,11,14,19,22H,5,7-10H2,1H3,(H,23,24)/t11-,14-/m0/s1. The summed E-state index contributed by atoms with van der Waals surface area (Å²) in [5, 5.41) is 21.8. The zero-order chi connectivity index (χ0) is 17.8. The van der Waals surface area contributed by atoms with E-state index in [-0.39, 0.29) is 5.92 Å². The lowest BCUT2D eigenvalue weighted by atomic mass is 10.1. The molecule has 134 valence electrons. The van der Waals surface area contributed by atoms with Crippen LogP contribution in [0, 0.1) is 5.92 Å². The number of amides is 1. The van der Waals surface area contributed by atoms with Gasteiger partial charge in [0.05, 0.1) is 24.2 Å². The number of nitrogens with one attached hydrogen (secondary N) is 1. The Balaban J connectivity index is 1.68. The maximum absolute atomic E-state index is 10.7. The lowest BCUT2D eigenvalue weighted by Crippen LogP contribution is -2.31. The van der Waals surface area contributed by atoms with Gasteiger partial charge in [0.25, 0.3) is 0 Å². The van der Waals surface area contributed by atoms with Gasteiger partial charge in [-0.1, -0.05) is 0 Å². The second kappa shape index (κ2) is 7.62. The summed E-state index contributed by atoms with van der Waals surface area (Å²) in [4.78, 5) is 21.4. The minimum atomic E-state index is -0.998. The summed E-state index contributed by atoms with van der Waals surface area (Å²) in [6.45, 7) is 2.51. The van der Waals surface area contributed by atoms with E-state index >= 15 is 0 Å². The van der Waals surface area contributed by atoms with Crippen molar-refractivity contribution in [1.29, 1.82) is 0 Å². The highest BCUT2D eigenvalue weighted by atomic mass is 16.5. The van der Waals surface area contributed by atoms with Crippen LogP contribution in [-0.4, -0.2) is 64.5 Å². The lowest BCUT2D eigenvalue weighted by Gasteiger charge is -2.21. The van der Waals surface area contributed by atoms with Crippen LogP contribution in [0.1, 0.15) is 18.1 Å². The van der Waals surface area contributed by atoms with Gasteiger partial charge in [-0.05, 0) is 31.0 Å². The van der Waals surface area contributed by atoms with Crippen LogP contribution >= 0.6 is 0 Å². The number of hydrogen-bond donors (Lipinski definition) is 3. The van der Waals surface area contributed by atoms with Gasteiger partial charge in [0.15, 0.2) is 0 Å². The monoisotopic (exact) mass is 346 g/mol. The van der Waals surface area contributed by atoms with Gasteiger partial charge in [0.1, 0.15) is 0 Å². The first-order valence-corrected chi connectivity index (χ1v) is 8.23. The van der Waals surface area contributed by atoms with E-state index in [4.69, 9.17) is 9.84 Å². The first kappa shape index (κ1) is 17.4. The number of methoxy groups -OCH3 is 1. The van der Waals surface area contributed by atoms with E-state index in [1.165, 1.54) is 0 Å². The molecule has 2 aromatic heterocycles. The van der Waals surface area contributed by atoms with E-state index in [0.717, 1.165) is 25.1 Å². The fourth-order valence-corrected chi connectivity index (χ4v) is 3.23. The molecular weight excluding hydrogens is 324 g/mol. The number of hydrogen-bond acceptors (Lipinski definition) is 6. The Hall–Kier alpha value is -2.45. The molecule has 0 saturated carbocycles. The molecule has 1 saturated heterocycles. The Labute approximate surface area is 145 Å². The van der Waals surface area contributed by atoms with Gasteiger partial charge in [-0.2, -0.15) is 0 Å². The summed E-state index contributed by atoms with van der Waals surface area (Å²) in [6.07, 6.45) is 0.882. The third kappa shape index (κ3) is 4.15. The Bertz CT molecular complexity index is 755. The molecule has 1 aliphatic heterocycles. The highest BCUT2D eigenvalue weighted by Crippen LogP contribution is 2.26. The van der Waals surface area contributed by atoms with E-state index in [9.17, 15) is 9.90 Å². The van der Waals surface area contributed by atoms with Gasteiger partial charge in [0, 0.05) is 37.5 Å². The van der Waals surface area contributed by atoms with Crippen LogP contribution < -0.4 is 10.1 Å². The van der Waals surface area contributed by atoms with E-state index in [0.29, 0.717) is 30.0 Å². The number of aliphatic hydroxyl groups excluding tert-OH is 1. The third-order valence-electron chi connectivity index (χ3n) is 4.50. The van der Waals surface area contributed by atoms with Crippen LogP contribution in [0.25, 0.3) is 11.0 Å². The van der Waals surface area contributed by atoms with Crippen LogP contribution in [-0.2, 0) is 0 Å². The average Bonchev–Trinajstić information content (AvgIpc) is 3.06. The highest BCUT2D eigenvalue weighted by molar-refractivity contribution is 5.78. The molecule has 1 aliphatic rings. The average molecular weight is 346 g/mol. The number of ether oxygens (including phenoxy) is 1. The zero-order valence-corrected chi connectivity index (χ0v) is 14.1. The number of aliphatic hydroxyl groups is 1. The molecule has 25 heavy (non-hydrogen) atoms. The van der Waals surface area contributed by atoms with Gasteiger partial charge in [0.2, 0.25) is 5.88 Å². The number of aromatic nitrogens is 2. The predicted molar refractivity (Wildman–Crippen MR) is 91.6 cm³/mol. The minimum absolute atomic E-state index is 0.274. The molecule has 0 radical (unpaired) electrons.